The van der Waals surface area contributed by atoms with Crippen molar-refractivity contribution in [3.63, 3.8) is 0 Å². The number of alkyl halides is 1. The molecule has 2 rings (SSSR count). The number of anilines is 1. The molecule has 0 spiro atoms. The van der Waals surface area contributed by atoms with Gasteiger partial charge in [0.15, 0.2) is 12.0 Å². The summed E-state index contributed by atoms with van der Waals surface area (Å²) in [6, 6.07) is 1.57. The molecule has 0 aromatic carbocycles. The molecule has 1 aromatic heterocycles. The zero-order valence-electron chi connectivity index (χ0n) is 14.2. The van der Waals surface area contributed by atoms with E-state index < -0.39 is 37.0 Å². The van der Waals surface area contributed by atoms with Gasteiger partial charge >= 0.3 is 5.69 Å². The predicted molar refractivity (Wildman–Crippen MR) is 94.8 cm³/mol. The fourth-order valence-corrected chi connectivity index (χ4v) is 3.38. The van der Waals surface area contributed by atoms with Crippen molar-refractivity contribution in [3.8, 4) is 0 Å². The Kier molecular flexibility index (Phi) is 7.23. The highest BCUT2D eigenvalue weighted by atomic mass is 32.2. The first-order chi connectivity index (χ1) is 12.5. The summed E-state index contributed by atoms with van der Waals surface area (Å²) in [4.78, 5) is 20.8. The molecule has 0 saturated carbocycles. The number of azide groups is 1. The molecule has 1 aromatic rings. The second-order valence-electron chi connectivity index (χ2n) is 5.67. The Hall–Kier alpha value is -1.85. The average molecular weight is 388 g/mol. The van der Waals surface area contributed by atoms with Crippen LogP contribution in [0, 0.1) is 0 Å². The summed E-state index contributed by atoms with van der Waals surface area (Å²) >= 11 is 1.82. The standard InChI is InChI=1S/C14H21FN6O4S/c1-10(23)14(9-22,18-19-16)25-12(8-15)21-3-2-11(17-13(21)24)20-4-6-26-7-5-20/h2-3,10,12,22-23H,4-9H2,1H3/t10-,12-,14-/m1/s1. The van der Waals surface area contributed by atoms with Gasteiger partial charge in [0.1, 0.15) is 12.5 Å². The first-order valence-corrected chi connectivity index (χ1v) is 9.13. The van der Waals surface area contributed by atoms with E-state index >= 15 is 0 Å². The molecule has 1 saturated heterocycles. The summed E-state index contributed by atoms with van der Waals surface area (Å²) in [7, 11) is 0. The third-order valence-electron chi connectivity index (χ3n) is 4.03. The summed E-state index contributed by atoms with van der Waals surface area (Å²) < 4.78 is 19.7. The van der Waals surface area contributed by atoms with Crippen molar-refractivity contribution in [2.75, 3.05) is 42.8 Å². The number of thioether (sulfide) groups is 1. The van der Waals surface area contributed by atoms with Crippen molar-refractivity contribution in [1.29, 1.82) is 0 Å². The lowest BCUT2D eigenvalue weighted by Crippen LogP contribution is -2.48. The molecular weight excluding hydrogens is 367 g/mol. The molecule has 0 amide bonds. The van der Waals surface area contributed by atoms with Crippen LogP contribution in [-0.2, 0) is 4.74 Å². The zero-order valence-corrected chi connectivity index (χ0v) is 15.0. The van der Waals surface area contributed by atoms with Crippen LogP contribution >= 0.6 is 11.8 Å². The lowest BCUT2D eigenvalue weighted by atomic mass is 10.1. The van der Waals surface area contributed by atoms with Gasteiger partial charge in [-0.05, 0) is 18.5 Å². The van der Waals surface area contributed by atoms with Crippen LogP contribution in [0.15, 0.2) is 22.2 Å². The van der Waals surface area contributed by atoms with Crippen LogP contribution in [0.3, 0.4) is 0 Å². The summed E-state index contributed by atoms with van der Waals surface area (Å²) in [6.45, 7) is 0.694. The van der Waals surface area contributed by atoms with E-state index in [-0.39, 0.29) is 0 Å². The molecule has 10 nitrogen and oxygen atoms in total. The van der Waals surface area contributed by atoms with Crippen LogP contribution < -0.4 is 10.6 Å². The highest BCUT2D eigenvalue weighted by Gasteiger charge is 2.39. The van der Waals surface area contributed by atoms with Crippen LogP contribution in [0.1, 0.15) is 13.2 Å². The number of nitrogens with zero attached hydrogens (tertiary/aromatic N) is 6. The lowest BCUT2D eigenvalue weighted by Gasteiger charge is -2.33. The number of aliphatic hydroxyl groups excluding tert-OH is 2. The minimum atomic E-state index is -2.12. The fourth-order valence-electron chi connectivity index (χ4n) is 2.47. The van der Waals surface area contributed by atoms with Gasteiger partial charge in [0.05, 0.1) is 12.7 Å². The van der Waals surface area contributed by atoms with E-state index in [2.05, 4.69) is 15.0 Å². The predicted octanol–water partition coefficient (Wildman–Crippen LogP) is 0.661. The number of aromatic nitrogens is 2. The van der Waals surface area contributed by atoms with Gasteiger partial charge in [0.2, 0.25) is 0 Å². The number of rotatable bonds is 8. The van der Waals surface area contributed by atoms with Crippen molar-refractivity contribution >= 4 is 17.6 Å². The monoisotopic (exact) mass is 388 g/mol. The molecule has 1 aliphatic rings. The molecule has 144 valence electrons. The third-order valence-corrected chi connectivity index (χ3v) is 4.97. The van der Waals surface area contributed by atoms with Crippen LogP contribution in [-0.4, -0.2) is 69.5 Å². The van der Waals surface area contributed by atoms with Crippen LogP contribution in [0.4, 0.5) is 10.2 Å². The van der Waals surface area contributed by atoms with E-state index in [0.29, 0.717) is 5.82 Å². The summed E-state index contributed by atoms with van der Waals surface area (Å²) in [5.41, 5.74) is 5.78. The molecule has 26 heavy (non-hydrogen) atoms. The third kappa shape index (κ3) is 4.46. The quantitative estimate of drug-likeness (QED) is 0.379. The first-order valence-electron chi connectivity index (χ1n) is 7.98. The smallest absolute Gasteiger partial charge is 0.351 e. The van der Waals surface area contributed by atoms with Gasteiger partial charge in [-0.25, -0.2) is 9.18 Å². The van der Waals surface area contributed by atoms with Gasteiger partial charge in [-0.2, -0.15) is 16.7 Å². The van der Waals surface area contributed by atoms with E-state index in [1.807, 2.05) is 16.7 Å². The normalized spacial score (nSPS) is 19.3. The Labute approximate surface area is 153 Å². The maximum Gasteiger partial charge on any atom is 0.351 e. The molecule has 2 heterocycles. The molecule has 0 aliphatic carbocycles. The molecule has 1 fully saturated rings. The van der Waals surface area contributed by atoms with E-state index in [1.54, 1.807) is 6.07 Å². The van der Waals surface area contributed by atoms with Crippen LogP contribution in [0.5, 0.6) is 0 Å². The molecule has 1 aliphatic heterocycles. The Bertz CT molecular complexity index is 707. The summed E-state index contributed by atoms with van der Waals surface area (Å²) in [5.74, 6) is 2.35. The fraction of sp³-hybridized carbons (Fsp3) is 0.714. The van der Waals surface area contributed by atoms with E-state index in [4.69, 9.17) is 10.3 Å². The molecule has 2 N–H and O–H groups in total. The second kappa shape index (κ2) is 9.19. The number of aliphatic hydroxyl groups is 2. The van der Waals surface area contributed by atoms with E-state index in [0.717, 1.165) is 29.2 Å². The van der Waals surface area contributed by atoms with Gasteiger partial charge in [-0.15, -0.1) is 0 Å². The minimum Gasteiger partial charge on any atom is -0.393 e. The van der Waals surface area contributed by atoms with Crippen LogP contribution in [0.25, 0.3) is 10.4 Å². The van der Waals surface area contributed by atoms with E-state index in [9.17, 15) is 19.4 Å². The van der Waals surface area contributed by atoms with Crippen molar-refractivity contribution in [2.45, 2.75) is 25.0 Å². The Morgan fingerprint density at radius 2 is 2.27 bits per heavy atom. The van der Waals surface area contributed by atoms with Crippen molar-refractivity contribution in [1.82, 2.24) is 9.55 Å². The number of ether oxygens (including phenoxy) is 1. The highest BCUT2D eigenvalue weighted by molar-refractivity contribution is 7.99. The Morgan fingerprint density at radius 1 is 1.58 bits per heavy atom. The Morgan fingerprint density at radius 3 is 2.77 bits per heavy atom. The maximum absolute atomic E-state index is 13.5. The molecular formula is C14H21FN6O4S. The van der Waals surface area contributed by atoms with Gasteiger partial charge in [0, 0.05) is 35.7 Å². The average Bonchev–Trinajstić information content (AvgIpc) is 2.66. The minimum absolute atomic E-state index is 0.489. The number of hydrogen-bond acceptors (Lipinski definition) is 8. The number of hydrogen-bond donors (Lipinski definition) is 2. The first kappa shape index (κ1) is 20.5. The van der Waals surface area contributed by atoms with Gasteiger partial charge in [-0.1, -0.05) is 5.11 Å². The van der Waals surface area contributed by atoms with Gasteiger partial charge < -0.3 is 19.8 Å². The van der Waals surface area contributed by atoms with E-state index in [1.165, 1.54) is 13.1 Å². The SMILES string of the molecule is C[C@@H](O)[C@](CO)(N=[N+]=[N-])O[C@H](CF)n1ccc(N2CCSCC2)nc1=O. The Balaban J connectivity index is 2.29. The van der Waals surface area contributed by atoms with Crippen LogP contribution in [0.2, 0.25) is 0 Å². The van der Waals surface area contributed by atoms with Crippen molar-refractivity contribution in [2.24, 2.45) is 5.11 Å². The van der Waals surface area contributed by atoms with Crippen molar-refractivity contribution in [3.05, 3.63) is 33.2 Å². The molecule has 0 bridgehead atoms. The largest absolute Gasteiger partial charge is 0.393 e. The highest BCUT2D eigenvalue weighted by Crippen LogP contribution is 2.25. The zero-order chi connectivity index (χ0) is 19.2. The molecule has 3 atom stereocenters. The lowest BCUT2D eigenvalue weighted by molar-refractivity contribution is -0.193. The second-order valence-corrected chi connectivity index (χ2v) is 6.89. The maximum atomic E-state index is 13.5. The molecule has 12 heteroatoms. The topological polar surface area (TPSA) is 137 Å². The summed E-state index contributed by atoms with van der Waals surface area (Å²) in [6.07, 6.45) is -1.63. The van der Waals surface area contributed by atoms with Gasteiger partial charge in [0.25, 0.3) is 0 Å². The number of halogens is 1. The molecule has 0 radical (unpaired) electrons. The molecule has 0 unspecified atom stereocenters. The van der Waals surface area contributed by atoms with Crippen molar-refractivity contribution < 1.29 is 19.3 Å². The summed E-state index contributed by atoms with van der Waals surface area (Å²) in [5, 5.41) is 22.5. The van der Waals surface area contributed by atoms with Gasteiger partial charge in [-0.3, -0.25) is 4.57 Å².